The van der Waals surface area contributed by atoms with Gasteiger partial charge in [0, 0.05) is 10.4 Å². The minimum Gasteiger partial charge on any atom is -0.460 e. The molecule has 1 aromatic carbocycles. The third-order valence-corrected chi connectivity index (χ3v) is 6.59. The van der Waals surface area contributed by atoms with Crippen LogP contribution in [0.4, 0.5) is 5.00 Å². The summed E-state index contributed by atoms with van der Waals surface area (Å²) in [6.45, 7) is 13.4. The Morgan fingerprint density at radius 2 is 1.81 bits per heavy atom. The molecular formula is C24H32N4O2S. The van der Waals surface area contributed by atoms with Crippen LogP contribution in [0, 0.1) is 31.6 Å². The summed E-state index contributed by atoms with van der Waals surface area (Å²) in [6.07, 6.45) is 0.0230. The molecule has 0 spiro atoms. The molecule has 1 aliphatic rings. The third-order valence-electron chi connectivity index (χ3n) is 5.38. The zero-order chi connectivity index (χ0) is 23.1. The first-order valence-electron chi connectivity index (χ1n) is 10.5. The highest BCUT2D eigenvalue weighted by atomic mass is 32.1. The summed E-state index contributed by atoms with van der Waals surface area (Å²) < 4.78 is 5.54. The van der Waals surface area contributed by atoms with Crippen LogP contribution < -0.4 is 10.2 Å². The molecule has 2 heterocycles. The molecule has 1 unspecified atom stereocenters. The summed E-state index contributed by atoms with van der Waals surface area (Å²) >= 11 is 1.59. The maximum Gasteiger partial charge on any atom is 0.308 e. The van der Waals surface area contributed by atoms with E-state index in [2.05, 4.69) is 50.4 Å². The van der Waals surface area contributed by atoms with Crippen LogP contribution in [0.2, 0.25) is 0 Å². The van der Waals surface area contributed by atoms with Crippen molar-refractivity contribution in [1.29, 1.82) is 10.8 Å². The van der Waals surface area contributed by atoms with Gasteiger partial charge in [-0.15, -0.1) is 11.3 Å². The Morgan fingerprint density at radius 3 is 2.35 bits per heavy atom. The molecule has 6 nitrogen and oxygen atoms in total. The van der Waals surface area contributed by atoms with Gasteiger partial charge >= 0.3 is 5.97 Å². The van der Waals surface area contributed by atoms with Crippen LogP contribution in [0.25, 0.3) is 0 Å². The number of esters is 1. The summed E-state index contributed by atoms with van der Waals surface area (Å²) in [5.41, 5.74) is 3.86. The lowest BCUT2D eigenvalue weighted by atomic mass is 9.95. The van der Waals surface area contributed by atoms with Crippen LogP contribution in [0.1, 0.15) is 67.3 Å². The van der Waals surface area contributed by atoms with Gasteiger partial charge in [0.2, 0.25) is 0 Å². The van der Waals surface area contributed by atoms with E-state index >= 15 is 0 Å². The summed E-state index contributed by atoms with van der Waals surface area (Å²) in [4.78, 5) is 15.5. The second-order valence-corrected chi connectivity index (χ2v) is 10.4. The normalized spacial score (nSPS) is 19.1. The van der Waals surface area contributed by atoms with Crippen LogP contribution in [-0.2, 0) is 9.53 Å². The van der Waals surface area contributed by atoms with Crippen LogP contribution in [-0.4, -0.2) is 29.3 Å². The summed E-state index contributed by atoms with van der Waals surface area (Å²) in [5, 5.41) is 21.7. The van der Waals surface area contributed by atoms with Crippen LogP contribution in [0.5, 0.6) is 0 Å². The zero-order valence-corrected chi connectivity index (χ0v) is 20.2. The Labute approximate surface area is 188 Å². The molecule has 166 valence electrons. The van der Waals surface area contributed by atoms with E-state index in [1.807, 2.05) is 20.8 Å². The highest BCUT2D eigenvalue weighted by molar-refractivity contribution is 7.17. The molecule has 0 bridgehead atoms. The molecule has 7 heteroatoms. The summed E-state index contributed by atoms with van der Waals surface area (Å²) in [6, 6.07) is 7.54. The number of hydrogen-bond acceptors (Lipinski definition) is 6. The third kappa shape index (κ3) is 4.88. The first kappa shape index (κ1) is 23.2. The molecule has 2 atom stereocenters. The van der Waals surface area contributed by atoms with Gasteiger partial charge in [0.25, 0.3) is 0 Å². The first-order chi connectivity index (χ1) is 14.4. The van der Waals surface area contributed by atoms with Gasteiger partial charge in [0.05, 0.1) is 18.5 Å². The topological polar surface area (TPSA) is 89.3 Å². The molecule has 3 N–H and O–H groups in total. The van der Waals surface area contributed by atoms with Gasteiger partial charge in [-0.1, -0.05) is 29.8 Å². The Kier molecular flexibility index (Phi) is 6.39. The molecule has 2 aromatic rings. The molecule has 0 radical (unpaired) electrons. The van der Waals surface area contributed by atoms with E-state index < -0.39 is 11.6 Å². The number of carbonyl (C=O) groups is 1. The zero-order valence-electron chi connectivity index (χ0n) is 19.3. The van der Waals surface area contributed by atoms with E-state index in [9.17, 15) is 4.79 Å². The first-order valence-corrected chi connectivity index (χ1v) is 11.3. The maximum absolute atomic E-state index is 12.7. The van der Waals surface area contributed by atoms with E-state index in [0.717, 1.165) is 26.6 Å². The average Bonchev–Trinajstić information content (AvgIpc) is 2.85. The number of thiophene rings is 1. The molecule has 0 aliphatic carbocycles. The van der Waals surface area contributed by atoms with Gasteiger partial charge in [-0.05, 0) is 59.6 Å². The van der Waals surface area contributed by atoms with Crippen LogP contribution in [0.15, 0.2) is 24.3 Å². The molecule has 1 aromatic heterocycles. The van der Waals surface area contributed by atoms with E-state index in [4.69, 9.17) is 15.6 Å². The number of benzene rings is 1. The van der Waals surface area contributed by atoms with E-state index in [-0.39, 0.29) is 30.1 Å². The predicted octanol–water partition coefficient (Wildman–Crippen LogP) is 5.25. The van der Waals surface area contributed by atoms with Gasteiger partial charge in [-0.3, -0.25) is 25.8 Å². The van der Waals surface area contributed by atoms with Crippen LogP contribution >= 0.6 is 11.3 Å². The number of amidine groups is 2. The second-order valence-electron chi connectivity index (χ2n) is 9.16. The van der Waals surface area contributed by atoms with Crippen molar-refractivity contribution in [3.05, 3.63) is 51.4 Å². The number of rotatable bonds is 3. The lowest BCUT2D eigenvalue weighted by Gasteiger charge is -2.28. The minimum absolute atomic E-state index is 0.0230. The molecule has 0 saturated heterocycles. The highest BCUT2D eigenvalue weighted by Crippen LogP contribution is 2.44. The number of nitrogens with zero attached hydrogens (tertiary/aromatic N) is 1. The van der Waals surface area contributed by atoms with Gasteiger partial charge in [-0.2, -0.15) is 0 Å². The standard InChI is InChI=1S/C24H32N4O2S/c1-13-8-10-17(11-9-13)21-20-14(2)15(3)31-23(20)28(16(4)25)22(26)18(27-21)12-19(29)30-24(5,6)7/h8-11,18,21,25-27H,12H2,1-7H3/t18?,21-/m0/s1. The fraction of sp³-hybridized carbons (Fsp3) is 0.458. The lowest BCUT2D eigenvalue weighted by molar-refractivity contribution is -0.155. The monoisotopic (exact) mass is 440 g/mol. The van der Waals surface area contributed by atoms with E-state index in [0.29, 0.717) is 0 Å². The molecule has 31 heavy (non-hydrogen) atoms. The fourth-order valence-electron chi connectivity index (χ4n) is 3.82. The van der Waals surface area contributed by atoms with Gasteiger partial charge in [0.15, 0.2) is 0 Å². The smallest absolute Gasteiger partial charge is 0.308 e. The summed E-state index contributed by atoms with van der Waals surface area (Å²) in [7, 11) is 0. The summed E-state index contributed by atoms with van der Waals surface area (Å²) in [5.74, 6) is 0.0849. The highest BCUT2D eigenvalue weighted by Gasteiger charge is 2.38. The van der Waals surface area contributed by atoms with Gasteiger partial charge < -0.3 is 4.74 Å². The molecule has 0 amide bonds. The number of anilines is 1. The van der Waals surface area contributed by atoms with Gasteiger partial charge in [0.1, 0.15) is 22.3 Å². The van der Waals surface area contributed by atoms with Crippen molar-refractivity contribution < 1.29 is 9.53 Å². The van der Waals surface area contributed by atoms with Crippen molar-refractivity contribution in [2.75, 3.05) is 4.90 Å². The molecule has 0 saturated carbocycles. The molecule has 1 aliphatic heterocycles. The predicted molar refractivity (Wildman–Crippen MR) is 128 cm³/mol. The fourth-order valence-corrected chi connectivity index (χ4v) is 5.08. The minimum atomic E-state index is -0.593. The number of hydrogen-bond donors (Lipinski definition) is 3. The number of aryl methyl sites for hydroxylation is 2. The van der Waals surface area contributed by atoms with Crippen molar-refractivity contribution in [3.8, 4) is 0 Å². The Morgan fingerprint density at radius 1 is 1.19 bits per heavy atom. The number of carbonyl (C=O) groups excluding carboxylic acids is 1. The quantitative estimate of drug-likeness (QED) is 0.346. The van der Waals surface area contributed by atoms with Crippen molar-refractivity contribution in [2.24, 2.45) is 0 Å². The van der Waals surface area contributed by atoms with E-state index in [1.165, 1.54) is 5.56 Å². The van der Waals surface area contributed by atoms with Crippen molar-refractivity contribution in [2.45, 2.75) is 72.6 Å². The Balaban J connectivity index is 2.11. The maximum atomic E-state index is 12.7. The van der Waals surface area contributed by atoms with Crippen LogP contribution in [0.3, 0.4) is 0 Å². The molecule has 0 fully saturated rings. The van der Waals surface area contributed by atoms with Crippen molar-refractivity contribution in [1.82, 2.24) is 5.32 Å². The van der Waals surface area contributed by atoms with E-state index in [1.54, 1.807) is 23.2 Å². The molecule has 3 rings (SSSR count). The Hall–Kier alpha value is -2.51. The second kappa shape index (κ2) is 8.55. The SMILES string of the molecule is CC(=N)N1C(=N)C(CC(=O)OC(C)(C)C)N[C@@H](c2ccc(C)cc2)c2c1sc(C)c2C. The number of nitrogens with one attached hydrogen (secondary N) is 3. The number of ether oxygens (including phenoxy) is 1. The van der Waals surface area contributed by atoms with Crippen molar-refractivity contribution in [3.63, 3.8) is 0 Å². The number of fused-ring (bicyclic) bond motifs is 1. The van der Waals surface area contributed by atoms with Gasteiger partial charge in [-0.25, -0.2) is 0 Å². The lowest BCUT2D eigenvalue weighted by Crippen LogP contribution is -2.48. The Bertz CT molecular complexity index is 1020. The average molecular weight is 441 g/mol. The molecular weight excluding hydrogens is 408 g/mol. The largest absolute Gasteiger partial charge is 0.460 e. The van der Waals surface area contributed by atoms with Crippen molar-refractivity contribution >= 4 is 34.0 Å².